The molecule has 4 aliphatic heterocycles. The van der Waals surface area contributed by atoms with Crippen LogP contribution in [0.25, 0.3) is 0 Å². The molecule has 1 aromatic rings. The van der Waals surface area contributed by atoms with Gasteiger partial charge in [0.25, 0.3) is 6.02 Å². The molecule has 0 radical (unpaired) electrons. The number of thiazole rings is 1. The fourth-order valence-electron chi connectivity index (χ4n) is 3.65. The van der Waals surface area contributed by atoms with Gasteiger partial charge in [-0.15, -0.1) is 11.3 Å². The van der Waals surface area contributed by atoms with Crippen LogP contribution in [0, 0.1) is 5.92 Å². The van der Waals surface area contributed by atoms with Gasteiger partial charge in [0.2, 0.25) is 0 Å². The summed E-state index contributed by atoms with van der Waals surface area (Å²) in [6.45, 7) is 8.58. The Bertz CT molecular complexity index is 562. The van der Waals surface area contributed by atoms with Gasteiger partial charge < -0.3 is 4.74 Å². The summed E-state index contributed by atoms with van der Waals surface area (Å²) in [5, 5.41) is 6.25. The smallest absolute Gasteiger partial charge is 0.291 e. The van der Waals surface area contributed by atoms with Gasteiger partial charge in [-0.3, -0.25) is 10.2 Å². The predicted molar refractivity (Wildman–Crippen MR) is 85.1 cm³/mol. The van der Waals surface area contributed by atoms with Crippen molar-refractivity contribution in [2.45, 2.75) is 38.2 Å². The lowest BCUT2D eigenvalue weighted by Crippen LogP contribution is -2.61. The van der Waals surface area contributed by atoms with Crippen LogP contribution in [0.1, 0.15) is 38.3 Å². The molecule has 0 aliphatic carbocycles. The molecule has 6 heteroatoms. The number of ether oxygens (including phenoxy) is 1. The molecule has 1 aromatic heterocycles. The first-order valence-electron chi connectivity index (χ1n) is 7.83. The van der Waals surface area contributed by atoms with Crippen molar-refractivity contribution < 1.29 is 4.74 Å². The maximum absolute atomic E-state index is 6.26. The third kappa shape index (κ3) is 2.34. The first-order chi connectivity index (χ1) is 10.1. The standard InChI is InChI=1S/C15H22N4OS/c1-10(2)12-7-21-14(17-12)18-13-16-8-15(20-13)9-19-5-3-11(15)4-6-19/h7,10-11H,3-6,8-9H2,1-2H3,(H,16,17,18)/t15-/m0/s1. The van der Waals surface area contributed by atoms with Crippen molar-refractivity contribution in [2.24, 2.45) is 10.9 Å². The maximum Gasteiger partial charge on any atom is 0.291 e. The quantitative estimate of drug-likeness (QED) is 0.912. The van der Waals surface area contributed by atoms with Crippen LogP contribution in [0.2, 0.25) is 0 Å². The van der Waals surface area contributed by atoms with E-state index in [1.54, 1.807) is 11.3 Å². The van der Waals surface area contributed by atoms with Gasteiger partial charge in [-0.05, 0) is 31.8 Å². The summed E-state index contributed by atoms with van der Waals surface area (Å²) < 4.78 is 6.26. The van der Waals surface area contributed by atoms with Crippen molar-refractivity contribution in [1.29, 1.82) is 0 Å². The minimum Gasteiger partial charge on any atom is -0.455 e. The molecule has 0 aromatic carbocycles. The molecular weight excluding hydrogens is 284 g/mol. The van der Waals surface area contributed by atoms with Crippen molar-refractivity contribution in [1.82, 2.24) is 9.88 Å². The normalized spacial score (nSPS) is 34.3. The number of nitrogens with zero attached hydrogens (tertiary/aromatic N) is 3. The van der Waals surface area contributed by atoms with Gasteiger partial charge in [0.15, 0.2) is 5.13 Å². The summed E-state index contributed by atoms with van der Waals surface area (Å²) in [5.41, 5.74) is 1.05. The molecule has 0 amide bonds. The number of anilines is 1. The molecule has 3 fully saturated rings. The Kier molecular flexibility index (Phi) is 3.19. The number of hydrogen-bond acceptors (Lipinski definition) is 6. The van der Waals surface area contributed by atoms with Crippen LogP contribution >= 0.6 is 11.3 Å². The number of nitrogens with one attached hydrogen (secondary N) is 1. The highest BCUT2D eigenvalue weighted by Crippen LogP contribution is 2.41. The van der Waals surface area contributed by atoms with Crippen LogP contribution in [0.3, 0.4) is 0 Å². The minimum absolute atomic E-state index is 0.0724. The Labute approximate surface area is 129 Å². The number of aromatic nitrogens is 1. The third-order valence-corrected chi connectivity index (χ3v) is 5.72. The van der Waals surface area contributed by atoms with Gasteiger partial charge in [0.1, 0.15) is 5.60 Å². The van der Waals surface area contributed by atoms with Crippen LogP contribution in [0.4, 0.5) is 5.13 Å². The topological polar surface area (TPSA) is 49.8 Å². The van der Waals surface area contributed by atoms with Crippen LogP contribution in [0.5, 0.6) is 0 Å². The number of aliphatic imine (C=N–C) groups is 1. The molecule has 3 saturated heterocycles. The molecule has 0 unspecified atom stereocenters. The number of hydrogen-bond donors (Lipinski definition) is 1. The van der Waals surface area contributed by atoms with E-state index in [1.165, 1.54) is 25.9 Å². The van der Waals surface area contributed by atoms with E-state index in [0.29, 0.717) is 17.9 Å². The average molecular weight is 306 g/mol. The summed E-state index contributed by atoms with van der Waals surface area (Å²) in [7, 11) is 0. The molecule has 5 heterocycles. The second-order valence-corrected chi connectivity index (χ2v) is 7.55. The number of fused-ring (bicyclic) bond motifs is 2. The molecule has 1 N–H and O–H groups in total. The van der Waals surface area contributed by atoms with Crippen molar-refractivity contribution >= 4 is 22.5 Å². The van der Waals surface area contributed by atoms with E-state index >= 15 is 0 Å². The zero-order valence-corrected chi connectivity index (χ0v) is 13.4. The Morgan fingerprint density at radius 3 is 2.86 bits per heavy atom. The van der Waals surface area contributed by atoms with Gasteiger partial charge in [-0.25, -0.2) is 9.98 Å². The van der Waals surface area contributed by atoms with Crippen molar-refractivity contribution in [3.05, 3.63) is 11.1 Å². The van der Waals surface area contributed by atoms with Crippen molar-refractivity contribution in [3.8, 4) is 0 Å². The number of amidine groups is 1. The van der Waals surface area contributed by atoms with Crippen molar-refractivity contribution in [2.75, 3.05) is 31.5 Å². The van der Waals surface area contributed by atoms with Crippen LogP contribution in [-0.4, -0.2) is 47.7 Å². The molecule has 21 heavy (non-hydrogen) atoms. The van der Waals surface area contributed by atoms with Crippen LogP contribution in [0.15, 0.2) is 10.4 Å². The lowest BCUT2D eigenvalue weighted by molar-refractivity contribution is -0.0829. The lowest BCUT2D eigenvalue weighted by atomic mass is 9.75. The van der Waals surface area contributed by atoms with Crippen LogP contribution < -0.4 is 5.32 Å². The predicted octanol–water partition coefficient (Wildman–Crippen LogP) is 2.53. The van der Waals surface area contributed by atoms with E-state index < -0.39 is 0 Å². The summed E-state index contributed by atoms with van der Waals surface area (Å²) in [6, 6.07) is 0.661. The van der Waals surface area contributed by atoms with E-state index in [4.69, 9.17) is 4.74 Å². The molecule has 5 nitrogen and oxygen atoms in total. The minimum atomic E-state index is -0.0724. The Morgan fingerprint density at radius 2 is 2.24 bits per heavy atom. The highest BCUT2D eigenvalue weighted by atomic mass is 32.1. The maximum atomic E-state index is 6.26. The van der Waals surface area contributed by atoms with E-state index in [0.717, 1.165) is 23.9 Å². The van der Waals surface area contributed by atoms with Crippen LogP contribution in [-0.2, 0) is 4.74 Å². The highest BCUT2D eigenvalue weighted by molar-refractivity contribution is 7.13. The van der Waals surface area contributed by atoms with Gasteiger partial charge in [0.05, 0.1) is 12.2 Å². The molecule has 0 saturated carbocycles. The van der Waals surface area contributed by atoms with Gasteiger partial charge in [0, 0.05) is 17.8 Å². The SMILES string of the molecule is CC(C)c1csc(NC2=NC[C@@]3(CN4CCC3CC4)O2)n1. The average Bonchev–Trinajstić information content (AvgIpc) is 3.09. The number of rotatable bonds is 2. The third-order valence-electron chi connectivity index (χ3n) is 4.94. The fraction of sp³-hybridized carbons (Fsp3) is 0.733. The van der Waals surface area contributed by atoms with E-state index in [-0.39, 0.29) is 5.60 Å². The monoisotopic (exact) mass is 306 g/mol. The van der Waals surface area contributed by atoms with Gasteiger partial charge >= 0.3 is 0 Å². The lowest BCUT2D eigenvalue weighted by Gasteiger charge is -2.50. The molecule has 4 aliphatic rings. The first kappa shape index (κ1) is 13.5. The zero-order chi connectivity index (χ0) is 14.4. The van der Waals surface area contributed by atoms with E-state index in [9.17, 15) is 0 Å². The highest BCUT2D eigenvalue weighted by Gasteiger charge is 2.51. The van der Waals surface area contributed by atoms with E-state index in [1.807, 2.05) is 0 Å². The van der Waals surface area contributed by atoms with Gasteiger partial charge in [-0.2, -0.15) is 0 Å². The second kappa shape index (κ2) is 4.95. The summed E-state index contributed by atoms with van der Waals surface area (Å²) in [5.74, 6) is 1.12. The Balaban J connectivity index is 1.44. The molecule has 1 spiro atoms. The Hall–Kier alpha value is -1.14. The first-order valence-corrected chi connectivity index (χ1v) is 8.71. The van der Waals surface area contributed by atoms with E-state index in [2.05, 4.69) is 39.4 Å². The summed E-state index contributed by atoms with van der Waals surface area (Å²) >= 11 is 1.62. The molecule has 1 atom stereocenters. The zero-order valence-electron chi connectivity index (χ0n) is 12.6. The molecule has 114 valence electrons. The summed E-state index contributed by atoms with van der Waals surface area (Å²) in [6.07, 6.45) is 2.50. The molecule has 2 bridgehead atoms. The fourth-order valence-corrected chi connectivity index (χ4v) is 4.51. The second-order valence-electron chi connectivity index (χ2n) is 6.70. The molecular formula is C15H22N4OS. The largest absolute Gasteiger partial charge is 0.455 e. The number of piperidine rings is 3. The molecule has 5 rings (SSSR count). The Morgan fingerprint density at radius 1 is 1.43 bits per heavy atom. The van der Waals surface area contributed by atoms with Crippen molar-refractivity contribution in [3.63, 3.8) is 0 Å². The van der Waals surface area contributed by atoms with Gasteiger partial charge in [-0.1, -0.05) is 13.8 Å². The summed E-state index contributed by atoms with van der Waals surface area (Å²) in [4.78, 5) is 11.7.